The maximum absolute atomic E-state index is 12.5. The van der Waals surface area contributed by atoms with Gasteiger partial charge in [0.1, 0.15) is 5.76 Å². The van der Waals surface area contributed by atoms with Crippen molar-refractivity contribution in [1.82, 2.24) is 9.62 Å². The van der Waals surface area contributed by atoms with E-state index < -0.39 is 10.0 Å². The molecule has 0 saturated carbocycles. The number of furan rings is 1. The number of rotatable bonds is 7. The second-order valence-corrected chi connectivity index (χ2v) is 8.02. The van der Waals surface area contributed by atoms with Gasteiger partial charge in [0, 0.05) is 19.6 Å². The summed E-state index contributed by atoms with van der Waals surface area (Å²) in [5.74, 6) is 0.744. The van der Waals surface area contributed by atoms with E-state index in [1.807, 2.05) is 43.3 Å². The molecular formula is C18H24N2O4S. The van der Waals surface area contributed by atoms with E-state index in [0.29, 0.717) is 13.2 Å². The van der Waals surface area contributed by atoms with Crippen molar-refractivity contribution in [2.24, 2.45) is 0 Å². The van der Waals surface area contributed by atoms with Gasteiger partial charge in [0.2, 0.25) is 10.0 Å². The molecule has 7 heteroatoms. The first-order valence-electron chi connectivity index (χ1n) is 8.42. The Hall–Kier alpha value is -1.67. The molecule has 6 nitrogen and oxygen atoms in total. The van der Waals surface area contributed by atoms with E-state index in [2.05, 4.69) is 9.62 Å². The van der Waals surface area contributed by atoms with Crippen LogP contribution in [-0.2, 0) is 20.5 Å². The molecule has 1 atom stereocenters. The lowest BCUT2D eigenvalue weighted by Crippen LogP contribution is -2.43. The van der Waals surface area contributed by atoms with E-state index in [4.69, 9.17) is 9.15 Å². The average Bonchev–Trinajstić information content (AvgIpc) is 3.12. The number of nitrogens with one attached hydrogen (secondary N) is 1. The summed E-state index contributed by atoms with van der Waals surface area (Å²) in [4.78, 5) is 2.19. The lowest BCUT2D eigenvalue weighted by molar-refractivity contribution is 0.0128. The van der Waals surface area contributed by atoms with Crippen LogP contribution in [0, 0.1) is 6.92 Å². The van der Waals surface area contributed by atoms with Crippen LogP contribution in [0.15, 0.2) is 47.1 Å². The van der Waals surface area contributed by atoms with Gasteiger partial charge in [-0.2, -0.15) is 0 Å². The smallest absolute Gasteiger partial charge is 0.215 e. The maximum atomic E-state index is 12.5. The molecule has 0 spiro atoms. The van der Waals surface area contributed by atoms with Crippen molar-refractivity contribution in [3.8, 4) is 0 Å². The van der Waals surface area contributed by atoms with Gasteiger partial charge in [0.05, 0.1) is 31.3 Å². The van der Waals surface area contributed by atoms with Crippen LogP contribution >= 0.6 is 0 Å². The monoisotopic (exact) mass is 364 g/mol. The van der Waals surface area contributed by atoms with E-state index in [0.717, 1.165) is 30.0 Å². The summed E-state index contributed by atoms with van der Waals surface area (Å²) >= 11 is 0. The lowest BCUT2D eigenvalue weighted by atomic mass is 10.1. The van der Waals surface area contributed by atoms with Gasteiger partial charge in [-0.05, 0) is 30.2 Å². The molecule has 1 N–H and O–H groups in total. The highest BCUT2D eigenvalue weighted by Gasteiger charge is 2.26. The van der Waals surface area contributed by atoms with E-state index in [9.17, 15) is 8.42 Å². The van der Waals surface area contributed by atoms with Crippen molar-refractivity contribution < 1.29 is 17.6 Å². The molecule has 2 heterocycles. The summed E-state index contributed by atoms with van der Waals surface area (Å²) < 4.78 is 38.7. The Balaban J connectivity index is 1.68. The number of morpholine rings is 1. The number of aryl methyl sites for hydroxylation is 1. The van der Waals surface area contributed by atoms with Crippen LogP contribution in [0.1, 0.15) is 22.9 Å². The molecule has 136 valence electrons. The Morgan fingerprint density at radius 1 is 1.16 bits per heavy atom. The summed E-state index contributed by atoms with van der Waals surface area (Å²) in [5, 5.41) is 0. The fraction of sp³-hybridized carbons (Fsp3) is 0.444. The standard InChI is InChI=1S/C18H24N2O4S/c1-15-5-2-3-6-16(15)14-25(21,22)19-13-17(18-7-4-10-24-18)20-8-11-23-12-9-20/h2-7,10,17,19H,8-9,11-14H2,1H3. The molecule has 1 aromatic heterocycles. The molecule has 0 radical (unpaired) electrons. The van der Waals surface area contributed by atoms with E-state index >= 15 is 0 Å². The van der Waals surface area contributed by atoms with Crippen LogP contribution in [-0.4, -0.2) is 46.2 Å². The lowest BCUT2D eigenvalue weighted by Gasteiger charge is -2.33. The molecule has 1 aliphatic rings. The first-order chi connectivity index (χ1) is 12.1. The van der Waals surface area contributed by atoms with Gasteiger partial charge in [-0.15, -0.1) is 0 Å². The Labute approximate surface area is 148 Å². The molecule has 3 rings (SSSR count). The maximum Gasteiger partial charge on any atom is 0.215 e. The van der Waals surface area contributed by atoms with Gasteiger partial charge >= 0.3 is 0 Å². The van der Waals surface area contributed by atoms with Crippen LogP contribution < -0.4 is 4.72 Å². The molecule has 25 heavy (non-hydrogen) atoms. The Morgan fingerprint density at radius 2 is 1.92 bits per heavy atom. The zero-order chi connectivity index (χ0) is 17.7. The molecule has 2 aromatic rings. The minimum atomic E-state index is -3.43. The average molecular weight is 364 g/mol. The molecule has 1 unspecified atom stereocenters. The van der Waals surface area contributed by atoms with Crippen molar-refractivity contribution in [2.75, 3.05) is 32.8 Å². The highest BCUT2D eigenvalue weighted by atomic mass is 32.2. The number of hydrogen-bond donors (Lipinski definition) is 1. The van der Waals surface area contributed by atoms with E-state index in [-0.39, 0.29) is 18.3 Å². The number of sulfonamides is 1. The summed E-state index contributed by atoms with van der Waals surface area (Å²) in [6, 6.07) is 11.1. The Kier molecular flexibility index (Phi) is 5.90. The fourth-order valence-corrected chi connectivity index (χ4v) is 4.26. The van der Waals surface area contributed by atoms with E-state index in [1.54, 1.807) is 6.26 Å². The van der Waals surface area contributed by atoms with Gasteiger partial charge in [-0.25, -0.2) is 13.1 Å². The molecular weight excluding hydrogens is 340 g/mol. The first-order valence-corrected chi connectivity index (χ1v) is 10.1. The molecule has 0 aliphatic carbocycles. The third-order valence-corrected chi connectivity index (χ3v) is 5.76. The zero-order valence-corrected chi connectivity index (χ0v) is 15.2. The van der Waals surface area contributed by atoms with Crippen LogP contribution in [0.5, 0.6) is 0 Å². The normalized spacial score (nSPS) is 17.5. The molecule has 0 amide bonds. The highest BCUT2D eigenvalue weighted by molar-refractivity contribution is 7.88. The quantitative estimate of drug-likeness (QED) is 0.814. The van der Waals surface area contributed by atoms with Crippen molar-refractivity contribution in [3.05, 3.63) is 59.5 Å². The SMILES string of the molecule is Cc1ccccc1CS(=O)(=O)NCC(c1ccco1)N1CCOCC1. The fourth-order valence-electron chi connectivity index (χ4n) is 3.01. The molecule has 1 aliphatic heterocycles. The number of ether oxygens (including phenoxy) is 1. The van der Waals surface area contributed by atoms with Gasteiger partial charge in [0.15, 0.2) is 0 Å². The molecule has 1 saturated heterocycles. The number of benzene rings is 1. The molecule has 1 aromatic carbocycles. The molecule has 1 fully saturated rings. The predicted octanol–water partition coefficient (Wildman–Crippen LogP) is 2.08. The topological polar surface area (TPSA) is 71.8 Å². The number of nitrogens with zero attached hydrogens (tertiary/aromatic N) is 1. The Bertz CT molecular complexity index is 768. The van der Waals surface area contributed by atoms with Crippen LogP contribution in [0.25, 0.3) is 0 Å². The van der Waals surface area contributed by atoms with Crippen molar-refractivity contribution in [3.63, 3.8) is 0 Å². The van der Waals surface area contributed by atoms with Gasteiger partial charge in [-0.3, -0.25) is 4.90 Å². The van der Waals surface area contributed by atoms with E-state index in [1.165, 1.54) is 0 Å². The predicted molar refractivity (Wildman–Crippen MR) is 95.6 cm³/mol. The van der Waals surface area contributed by atoms with Gasteiger partial charge in [0.25, 0.3) is 0 Å². The minimum Gasteiger partial charge on any atom is -0.468 e. The molecule has 0 bridgehead atoms. The minimum absolute atomic E-state index is 0.0202. The van der Waals surface area contributed by atoms with Gasteiger partial charge in [-0.1, -0.05) is 24.3 Å². The summed E-state index contributed by atoms with van der Waals surface area (Å²) in [6.07, 6.45) is 1.62. The summed E-state index contributed by atoms with van der Waals surface area (Å²) in [5.41, 5.74) is 1.79. The third-order valence-electron chi connectivity index (χ3n) is 4.46. The van der Waals surface area contributed by atoms with Gasteiger partial charge < -0.3 is 9.15 Å². The first kappa shape index (κ1) is 18.1. The van der Waals surface area contributed by atoms with Crippen molar-refractivity contribution in [2.45, 2.75) is 18.7 Å². The van der Waals surface area contributed by atoms with Crippen molar-refractivity contribution in [1.29, 1.82) is 0 Å². The zero-order valence-electron chi connectivity index (χ0n) is 14.3. The van der Waals surface area contributed by atoms with Crippen LogP contribution in [0.4, 0.5) is 0 Å². The highest BCUT2D eigenvalue weighted by Crippen LogP contribution is 2.22. The Morgan fingerprint density at radius 3 is 2.60 bits per heavy atom. The summed E-state index contributed by atoms with van der Waals surface area (Å²) in [7, 11) is -3.43. The largest absolute Gasteiger partial charge is 0.468 e. The van der Waals surface area contributed by atoms with Crippen molar-refractivity contribution >= 4 is 10.0 Å². The van der Waals surface area contributed by atoms with Crippen LogP contribution in [0.3, 0.4) is 0 Å². The second-order valence-electron chi connectivity index (χ2n) is 6.21. The van der Waals surface area contributed by atoms with Crippen LogP contribution in [0.2, 0.25) is 0 Å². The number of hydrogen-bond acceptors (Lipinski definition) is 5. The third kappa shape index (κ3) is 4.92. The second kappa shape index (κ2) is 8.14. The summed E-state index contributed by atoms with van der Waals surface area (Å²) in [6.45, 7) is 5.00.